The first-order valence-corrected chi connectivity index (χ1v) is 14.0. The first-order valence-electron chi connectivity index (χ1n) is 13.6. The second kappa shape index (κ2) is 13.1. The molecule has 21 heteroatoms. The molecule has 2 aliphatic rings. The van der Waals surface area contributed by atoms with Crippen LogP contribution in [-0.4, -0.2) is 102 Å². The van der Waals surface area contributed by atoms with E-state index in [-0.39, 0.29) is 39.8 Å². The van der Waals surface area contributed by atoms with Gasteiger partial charge in [-0.15, -0.1) is 0 Å². The highest BCUT2D eigenvalue weighted by molar-refractivity contribution is 6.42. The molecule has 46 heavy (non-hydrogen) atoms. The summed E-state index contributed by atoms with van der Waals surface area (Å²) in [4.78, 5) is 36.3. The van der Waals surface area contributed by atoms with Gasteiger partial charge in [0.1, 0.15) is 17.8 Å². The highest BCUT2D eigenvalue weighted by Crippen LogP contribution is 2.32. The average Bonchev–Trinajstić information content (AvgIpc) is 3.51. The van der Waals surface area contributed by atoms with Crippen molar-refractivity contribution in [1.82, 2.24) is 35.0 Å². The van der Waals surface area contributed by atoms with Gasteiger partial charge in [-0.25, -0.2) is 24.4 Å². The first-order chi connectivity index (χ1) is 21.7. The number of rotatable bonds is 8. The minimum Gasteiger partial charge on any atom is -0.396 e. The smallest absolute Gasteiger partial charge is 0.377 e. The minimum atomic E-state index is -3.14. The maximum Gasteiger partial charge on any atom is 0.377 e. The zero-order valence-corrected chi connectivity index (χ0v) is 24.5. The lowest BCUT2D eigenvalue weighted by Crippen LogP contribution is -2.52. The Morgan fingerprint density at radius 1 is 1.13 bits per heavy atom. The molecule has 1 fully saturated rings. The molecule has 0 atom stereocenters. The predicted octanol–water partition coefficient (Wildman–Crippen LogP) is -1.88. The third-order valence-electron chi connectivity index (χ3n) is 7.11. The Kier molecular flexibility index (Phi) is 9.32. The molecule has 0 radical (unpaired) electrons. The van der Waals surface area contributed by atoms with E-state index in [1.807, 2.05) is 0 Å². The minimum absolute atomic E-state index is 0.0451. The van der Waals surface area contributed by atoms with Gasteiger partial charge in [-0.2, -0.15) is 5.10 Å². The number of halogens is 1. The molecule has 11 N–H and O–H groups in total. The van der Waals surface area contributed by atoms with E-state index in [1.165, 1.54) is 29.7 Å². The van der Waals surface area contributed by atoms with Crippen molar-refractivity contribution in [2.75, 3.05) is 16.8 Å². The molecule has 3 aromatic rings. The van der Waals surface area contributed by atoms with Gasteiger partial charge < -0.3 is 57.0 Å². The molecule has 1 saturated carbocycles. The molecule has 0 spiro atoms. The molecular weight excluding hydrogens is 634 g/mol. The Morgan fingerprint density at radius 3 is 2.50 bits per heavy atom. The van der Waals surface area contributed by atoms with Gasteiger partial charge in [0.05, 0.1) is 41.2 Å². The summed E-state index contributed by atoms with van der Waals surface area (Å²) in [6.45, 7) is -0.884. The second-order valence-electron chi connectivity index (χ2n) is 10.4. The second-order valence-corrected chi connectivity index (χ2v) is 10.8. The fraction of sp³-hybridized carbons (Fsp3) is 0.400. The standard InChI is InChI=1S/C25H30ClN11O9/c26-16-7-33-46-25(44,45)15-6-30-21(35-20(15)19(16)27)34-13-1-3-14(4-2-13)37(22(38)31-11-24(41,42)43)18-9-28-17(8-29-18)12-5-32-36(10-12)23(39)40/h5-10,13-14,23,39-45H,1-4,11,27H2,(H,31,38)(H,30,34,35). The van der Waals surface area contributed by atoms with Gasteiger partial charge in [0.15, 0.2) is 5.82 Å². The molecule has 246 valence electrons. The van der Waals surface area contributed by atoms with E-state index in [9.17, 15) is 40.5 Å². The number of nitrogens with two attached hydrogens (primary N) is 1. The number of fused-ring (bicyclic) bond motifs is 1. The fourth-order valence-corrected chi connectivity index (χ4v) is 4.99. The molecule has 0 aromatic carbocycles. The van der Waals surface area contributed by atoms with Gasteiger partial charge in [0, 0.05) is 30.0 Å². The van der Waals surface area contributed by atoms with E-state index in [1.54, 1.807) is 0 Å². The van der Waals surface area contributed by atoms with Crippen molar-refractivity contribution in [2.24, 2.45) is 10.9 Å². The van der Waals surface area contributed by atoms with Crippen LogP contribution in [0.3, 0.4) is 0 Å². The van der Waals surface area contributed by atoms with E-state index in [2.05, 4.69) is 45.7 Å². The number of nitrogens with zero attached hydrogens (tertiary/aromatic N) is 8. The highest BCUT2D eigenvalue weighted by Gasteiger charge is 2.37. The number of aliphatic hydroxyl groups excluding tert-OH is 1. The van der Waals surface area contributed by atoms with Crippen molar-refractivity contribution in [3.63, 3.8) is 0 Å². The number of aromatic nitrogens is 6. The van der Waals surface area contributed by atoms with Crippen molar-refractivity contribution < 1.29 is 45.4 Å². The van der Waals surface area contributed by atoms with Crippen LogP contribution in [0.4, 0.5) is 16.6 Å². The van der Waals surface area contributed by atoms with Crippen molar-refractivity contribution in [2.45, 2.75) is 56.1 Å². The summed E-state index contributed by atoms with van der Waals surface area (Å²) in [6.07, 6.45) is 7.50. The van der Waals surface area contributed by atoms with Crippen LogP contribution in [0, 0.1) is 0 Å². The number of oxime groups is 1. The maximum atomic E-state index is 13.2. The quantitative estimate of drug-likeness (QED) is 0.118. The largest absolute Gasteiger partial charge is 0.396 e. The molecule has 0 bridgehead atoms. The number of hydrogen-bond acceptors (Lipinski definition) is 17. The third kappa shape index (κ3) is 7.46. The van der Waals surface area contributed by atoms with Crippen LogP contribution >= 0.6 is 11.6 Å². The predicted molar refractivity (Wildman–Crippen MR) is 156 cm³/mol. The Hall–Kier alpha value is -4.54. The molecule has 2 amide bonds. The van der Waals surface area contributed by atoms with Crippen LogP contribution in [0.5, 0.6) is 0 Å². The van der Waals surface area contributed by atoms with Crippen LogP contribution in [-0.2, 0) is 10.8 Å². The van der Waals surface area contributed by atoms with Crippen LogP contribution in [0.2, 0.25) is 0 Å². The molecule has 5 rings (SSSR count). The molecule has 0 saturated heterocycles. The lowest BCUT2D eigenvalue weighted by molar-refractivity contribution is -0.351. The summed E-state index contributed by atoms with van der Waals surface area (Å²) in [7, 11) is 0. The van der Waals surface area contributed by atoms with Gasteiger partial charge in [-0.3, -0.25) is 9.88 Å². The normalized spacial score (nSPS) is 19.6. The number of anilines is 2. The SMILES string of the molecule is NC1=C(Cl)C=NOC(O)(O)c2cnc(NC3CCC(N(C(=O)NCC(O)(O)O)c4cnc(-c5cnn(C(O)O)c5)cn4)CC3)nc21. The van der Waals surface area contributed by atoms with Crippen molar-refractivity contribution >= 4 is 41.3 Å². The van der Waals surface area contributed by atoms with E-state index in [0.29, 0.717) is 36.9 Å². The van der Waals surface area contributed by atoms with Gasteiger partial charge in [0.25, 0.3) is 12.4 Å². The number of allylic oxidation sites excluding steroid dienone is 1. The number of aliphatic hydroxyl groups is 7. The zero-order valence-electron chi connectivity index (χ0n) is 23.7. The summed E-state index contributed by atoms with van der Waals surface area (Å²) in [6, 6.07) is -1.40. The highest BCUT2D eigenvalue weighted by atomic mass is 35.5. The summed E-state index contributed by atoms with van der Waals surface area (Å²) in [5.74, 6) is -5.77. The van der Waals surface area contributed by atoms with Crippen molar-refractivity contribution in [3.05, 3.63) is 47.3 Å². The summed E-state index contributed by atoms with van der Waals surface area (Å²) in [5.41, 5.74) is 6.38. The Bertz CT molecular complexity index is 1620. The molecule has 3 aromatic heterocycles. The number of amides is 2. The number of hydrogen-bond donors (Lipinski definition) is 10. The van der Waals surface area contributed by atoms with E-state index in [0.717, 1.165) is 17.1 Å². The fourth-order valence-electron chi connectivity index (χ4n) is 4.86. The number of carbonyl (C=O) groups is 1. The summed E-state index contributed by atoms with van der Waals surface area (Å²) in [5, 5.41) is 79.5. The number of carbonyl (C=O) groups excluding carboxylic acids is 1. The summed E-state index contributed by atoms with van der Waals surface area (Å²) >= 11 is 6.10. The zero-order chi connectivity index (χ0) is 33.2. The Balaban J connectivity index is 1.31. The average molecular weight is 664 g/mol. The summed E-state index contributed by atoms with van der Waals surface area (Å²) < 4.78 is 0.899. The van der Waals surface area contributed by atoms with Gasteiger partial charge in [-0.05, 0) is 25.7 Å². The molecule has 1 aliphatic carbocycles. The molecular formula is C25H30ClN11O9. The van der Waals surface area contributed by atoms with E-state index in [4.69, 9.17) is 17.3 Å². The van der Waals surface area contributed by atoms with Crippen LogP contribution < -0.4 is 21.3 Å². The molecule has 4 heterocycles. The number of nitrogens with one attached hydrogen (secondary N) is 2. The monoisotopic (exact) mass is 663 g/mol. The topological polar surface area (TPSA) is 303 Å². The molecule has 0 unspecified atom stereocenters. The van der Waals surface area contributed by atoms with E-state index < -0.39 is 37.0 Å². The van der Waals surface area contributed by atoms with E-state index >= 15 is 0 Å². The van der Waals surface area contributed by atoms with Gasteiger partial charge >= 0.3 is 12.0 Å². The van der Waals surface area contributed by atoms with Gasteiger partial charge in [0.2, 0.25) is 5.95 Å². The Morgan fingerprint density at radius 2 is 1.87 bits per heavy atom. The lowest BCUT2D eigenvalue weighted by atomic mass is 9.90. The van der Waals surface area contributed by atoms with Crippen molar-refractivity contribution in [1.29, 1.82) is 0 Å². The third-order valence-corrected chi connectivity index (χ3v) is 7.41. The molecule has 1 aliphatic heterocycles. The lowest BCUT2D eigenvalue weighted by Gasteiger charge is -2.36. The van der Waals surface area contributed by atoms with Crippen molar-refractivity contribution in [3.8, 4) is 11.3 Å². The van der Waals surface area contributed by atoms with Crippen LogP contribution in [0.1, 0.15) is 43.4 Å². The Labute approximate surface area is 264 Å². The van der Waals surface area contributed by atoms with Crippen LogP contribution in [0.15, 0.2) is 41.2 Å². The maximum absolute atomic E-state index is 13.2. The van der Waals surface area contributed by atoms with Gasteiger partial charge in [-0.1, -0.05) is 16.8 Å². The van der Waals surface area contributed by atoms with Crippen LogP contribution in [0.25, 0.3) is 17.0 Å². The number of urea groups is 1. The first kappa shape index (κ1) is 32.8. The molecule has 20 nitrogen and oxygen atoms in total.